The predicted octanol–water partition coefficient (Wildman–Crippen LogP) is 4.33. The Labute approximate surface area is 171 Å². The van der Waals surface area contributed by atoms with Crippen molar-refractivity contribution in [1.82, 2.24) is 5.32 Å². The first-order valence-corrected chi connectivity index (χ1v) is 10.3. The van der Waals surface area contributed by atoms with E-state index in [1.54, 1.807) is 14.2 Å². The van der Waals surface area contributed by atoms with Crippen molar-refractivity contribution in [2.24, 2.45) is 0 Å². The summed E-state index contributed by atoms with van der Waals surface area (Å²) in [6.45, 7) is 6.77. The summed E-state index contributed by atoms with van der Waals surface area (Å²) in [5.41, 5.74) is 1.30. The third-order valence-electron chi connectivity index (χ3n) is 3.86. The summed E-state index contributed by atoms with van der Waals surface area (Å²) >= 11 is 3.23. The number of ether oxygens (including phenoxy) is 4. The fourth-order valence-corrected chi connectivity index (χ4v) is 2.98. The maximum absolute atomic E-state index is 5.43. The van der Waals surface area contributed by atoms with Crippen LogP contribution in [0.5, 0.6) is 0 Å². The first kappa shape index (κ1) is 24.0. The average molecular weight is 442 g/mol. The molecule has 2 atom stereocenters. The van der Waals surface area contributed by atoms with Crippen LogP contribution < -0.4 is 5.32 Å². The molecular formula is C21H32BrNO4. The number of benzene rings is 2. The summed E-state index contributed by atoms with van der Waals surface area (Å²) in [6.07, 6.45) is -0.264. The Morgan fingerprint density at radius 3 is 2.11 bits per heavy atom. The van der Waals surface area contributed by atoms with Gasteiger partial charge in [-0.15, -0.1) is 0 Å². The van der Waals surface area contributed by atoms with Crippen LogP contribution in [0.25, 0.3) is 10.8 Å². The van der Waals surface area contributed by atoms with E-state index in [4.69, 9.17) is 18.9 Å². The van der Waals surface area contributed by atoms with Crippen LogP contribution in [0.2, 0.25) is 0 Å². The van der Waals surface area contributed by atoms with Crippen molar-refractivity contribution in [3.8, 4) is 0 Å². The molecule has 2 unspecified atom stereocenters. The van der Waals surface area contributed by atoms with Gasteiger partial charge in [0.2, 0.25) is 0 Å². The van der Waals surface area contributed by atoms with Gasteiger partial charge < -0.3 is 24.3 Å². The van der Waals surface area contributed by atoms with Crippen molar-refractivity contribution in [2.45, 2.75) is 33.0 Å². The first-order valence-electron chi connectivity index (χ1n) is 9.22. The highest BCUT2D eigenvalue weighted by atomic mass is 79.9. The van der Waals surface area contributed by atoms with Crippen molar-refractivity contribution >= 4 is 26.7 Å². The Bertz CT molecular complexity index is 617. The molecule has 0 aromatic heterocycles. The zero-order valence-electron chi connectivity index (χ0n) is 16.7. The second kappa shape index (κ2) is 15.0. The van der Waals surface area contributed by atoms with E-state index in [1.165, 1.54) is 16.3 Å². The topological polar surface area (TPSA) is 49.0 Å². The highest BCUT2D eigenvalue weighted by Gasteiger charge is 2.06. The minimum atomic E-state index is -0.181. The zero-order chi connectivity index (χ0) is 19.9. The lowest BCUT2D eigenvalue weighted by Crippen LogP contribution is -2.30. The third kappa shape index (κ3) is 9.14. The number of halogens is 1. The molecule has 0 fully saturated rings. The van der Waals surface area contributed by atoms with Gasteiger partial charge in [0.05, 0.1) is 5.33 Å². The Balaban J connectivity index is 0.000000387. The maximum Gasteiger partial charge on any atom is 0.169 e. The molecule has 0 bridgehead atoms. The highest BCUT2D eigenvalue weighted by molar-refractivity contribution is 9.09. The van der Waals surface area contributed by atoms with E-state index in [9.17, 15) is 0 Å². The number of hydrogen-bond acceptors (Lipinski definition) is 5. The van der Waals surface area contributed by atoms with Crippen LogP contribution >= 0.6 is 15.9 Å². The lowest BCUT2D eigenvalue weighted by molar-refractivity contribution is -0.117. The van der Waals surface area contributed by atoms with Crippen LogP contribution in [-0.2, 0) is 25.5 Å². The molecule has 0 saturated carbocycles. The van der Waals surface area contributed by atoms with Gasteiger partial charge in [0.25, 0.3) is 0 Å². The van der Waals surface area contributed by atoms with E-state index in [2.05, 4.69) is 63.7 Å². The third-order valence-corrected chi connectivity index (χ3v) is 4.39. The number of fused-ring (bicyclic) bond motifs is 1. The standard InChI is InChI=1S/C16H21NO2.C5H11BrO2/c1-3-19-16(18-2)12-17-11-14-9-6-8-13-7-4-5-10-15(13)14;1-3-8-5(4-6)7-2/h4-10,16-17H,3,11-12H2,1-2H3;5H,3-4H2,1-2H3. The number of hydrogen-bond donors (Lipinski definition) is 1. The quantitative estimate of drug-likeness (QED) is 0.415. The van der Waals surface area contributed by atoms with E-state index >= 15 is 0 Å². The summed E-state index contributed by atoms with van der Waals surface area (Å²) in [7, 11) is 3.29. The Morgan fingerprint density at radius 1 is 0.889 bits per heavy atom. The molecule has 27 heavy (non-hydrogen) atoms. The Morgan fingerprint density at radius 2 is 1.52 bits per heavy atom. The van der Waals surface area contributed by atoms with Gasteiger partial charge in [-0.2, -0.15) is 0 Å². The molecule has 2 rings (SSSR count). The summed E-state index contributed by atoms with van der Waals surface area (Å²) in [6, 6.07) is 14.8. The normalized spacial score (nSPS) is 13.1. The van der Waals surface area contributed by atoms with Gasteiger partial charge in [-0.25, -0.2) is 0 Å². The van der Waals surface area contributed by atoms with Crippen molar-refractivity contribution in [2.75, 3.05) is 39.3 Å². The van der Waals surface area contributed by atoms with E-state index in [0.717, 1.165) is 11.9 Å². The second-order valence-corrected chi connectivity index (χ2v) is 6.31. The van der Waals surface area contributed by atoms with Gasteiger partial charge >= 0.3 is 0 Å². The molecule has 1 N–H and O–H groups in total. The van der Waals surface area contributed by atoms with Crippen molar-refractivity contribution in [3.05, 3.63) is 48.0 Å². The number of nitrogens with one attached hydrogen (secondary N) is 1. The van der Waals surface area contributed by atoms with Crippen molar-refractivity contribution in [3.63, 3.8) is 0 Å². The zero-order valence-corrected chi connectivity index (χ0v) is 18.3. The van der Waals surface area contributed by atoms with Crippen LogP contribution in [0.1, 0.15) is 19.4 Å². The molecule has 152 valence electrons. The molecule has 0 heterocycles. The molecule has 2 aromatic rings. The molecule has 0 aliphatic heterocycles. The van der Waals surface area contributed by atoms with E-state index in [-0.39, 0.29) is 12.6 Å². The molecule has 0 amide bonds. The van der Waals surface area contributed by atoms with Crippen LogP contribution in [-0.4, -0.2) is 51.9 Å². The van der Waals surface area contributed by atoms with Crippen LogP contribution in [0.15, 0.2) is 42.5 Å². The summed E-state index contributed by atoms with van der Waals surface area (Å²) in [5, 5.41) is 6.68. The molecule has 0 spiro atoms. The van der Waals surface area contributed by atoms with Crippen LogP contribution in [0.3, 0.4) is 0 Å². The van der Waals surface area contributed by atoms with Crippen molar-refractivity contribution in [1.29, 1.82) is 0 Å². The molecule has 0 saturated heterocycles. The monoisotopic (exact) mass is 441 g/mol. The van der Waals surface area contributed by atoms with Crippen LogP contribution in [0, 0.1) is 0 Å². The lowest BCUT2D eigenvalue weighted by Gasteiger charge is -2.16. The van der Waals surface area contributed by atoms with Gasteiger partial charge in [0.1, 0.15) is 0 Å². The molecular weight excluding hydrogens is 410 g/mol. The van der Waals surface area contributed by atoms with Crippen molar-refractivity contribution < 1.29 is 18.9 Å². The van der Waals surface area contributed by atoms with Gasteiger partial charge in [-0.3, -0.25) is 0 Å². The molecule has 5 nitrogen and oxygen atoms in total. The van der Waals surface area contributed by atoms with Gasteiger partial charge in [0.15, 0.2) is 12.6 Å². The molecule has 2 aromatic carbocycles. The number of rotatable bonds is 11. The molecule has 0 aliphatic rings. The Hall–Kier alpha value is -1.02. The second-order valence-electron chi connectivity index (χ2n) is 5.66. The van der Waals surface area contributed by atoms with Gasteiger partial charge in [0, 0.05) is 40.5 Å². The van der Waals surface area contributed by atoms with Gasteiger partial charge in [-0.1, -0.05) is 58.4 Å². The van der Waals surface area contributed by atoms with Crippen LogP contribution in [0.4, 0.5) is 0 Å². The summed E-state index contributed by atoms with van der Waals surface area (Å²) in [5.74, 6) is 0. The summed E-state index contributed by atoms with van der Waals surface area (Å²) in [4.78, 5) is 0. The first-order chi connectivity index (χ1) is 13.2. The SMILES string of the molecule is CCOC(CBr)OC.CCOC(CNCc1cccc2ccccc12)OC. The molecule has 0 aliphatic carbocycles. The van der Waals surface area contributed by atoms with E-state index in [0.29, 0.717) is 19.8 Å². The summed E-state index contributed by atoms with van der Waals surface area (Å²) < 4.78 is 20.6. The molecule has 6 heteroatoms. The highest BCUT2D eigenvalue weighted by Crippen LogP contribution is 2.18. The minimum Gasteiger partial charge on any atom is -0.355 e. The Kier molecular flexibility index (Phi) is 13.3. The van der Waals surface area contributed by atoms with Gasteiger partial charge in [-0.05, 0) is 30.2 Å². The fourth-order valence-electron chi connectivity index (χ4n) is 2.53. The largest absolute Gasteiger partial charge is 0.355 e. The molecule has 0 radical (unpaired) electrons. The smallest absolute Gasteiger partial charge is 0.169 e. The lowest BCUT2D eigenvalue weighted by atomic mass is 10.0. The average Bonchev–Trinajstić information content (AvgIpc) is 2.72. The minimum absolute atomic E-state index is 0.0833. The van der Waals surface area contributed by atoms with E-state index < -0.39 is 0 Å². The fraction of sp³-hybridized carbons (Fsp3) is 0.524. The number of methoxy groups -OCH3 is 2. The maximum atomic E-state index is 5.43. The number of alkyl halides is 1. The predicted molar refractivity (Wildman–Crippen MR) is 114 cm³/mol. The van der Waals surface area contributed by atoms with E-state index in [1.807, 2.05) is 13.8 Å².